The molecule has 2 N–H and O–H groups in total. The molecule has 0 aromatic carbocycles. The maximum Gasteiger partial charge on any atom is 0.272 e. The standard InChI is InChI=1S/C23H26N8O/c32-22(29-10-1-2-11-29)20-14-25-21-4-3-16(15-30(20)21)18-7-12-31-19(18)13-26-23(28-31)27-17-5-8-24-9-6-17/h3-4,7,12-15,17,24H,1-2,5-6,8-11H2,(H,27,28). The molecular formula is C23H26N8O. The minimum atomic E-state index is 0.0471. The van der Waals surface area contributed by atoms with Crippen LogP contribution in [0.25, 0.3) is 22.3 Å². The third kappa shape index (κ3) is 3.38. The van der Waals surface area contributed by atoms with Crippen LogP contribution < -0.4 is 10.6 Å². The topological polar surface area (TPSA) is 91.9 Å². The van der Waals surface area contributed by atoms with Gasteiger partial charge in [0.2, 0.25) is 5.95 Å². The summed E-state index contributed by atoms with van der Waals surface area (Å²) in [6.45, 7) is 3.68. The summed E-state index contributed by atoms with van der Waals surface area (Å²) >= 11 is 0. The van der Waals surface area contributed by atoms with E-state index in [-0.39, 0.29) is 5.91 Å². The molecule has 0 aliphatic carbocycles. The Morgan fingerprint density at radius 1 is 1.06 bits per heavy atom. The number of piperidine rings is 1. The van der Waals surface area contributed by atoms with E-state index < -0.39 is 0 Å². The lowest BCUT2D eigenvalue weighted by Crippen LogP contribution is -2.35. The van der Waals surface area contributed by atoms with E-state index in [2.05, 4.69) is 25.7 Å². The van der Waals surface area contributed by atoms with Crippen LogP contribution in [-0.2, 0) is 0 Å². The first-order chi connectivity index (χ1) is 15.8. The van der Waals surface area contributed by atoms with Crippen molar-refractivity contribution < 1.29 is 4.79 Å². The highest BCUT2D eigenvalue weighted by Crippen LogP contribution is 2.27. The van der Waals surface area contributed by atoms with Crippen LogP contribution in [0.3, 0.4) is 0 Å². The molecule has 0 saturated carbocycles. The number of rotatable bonds is 4. The Bertz CT molecular complexity index is 1280. The van der Waals surface area contributed by atoms with Gasteiger partial charge < -0.3 is 15.5 Å². The number of amides is 1. The second kappa shape index (κ2) is 7.90. The molecule has 0 radical (unpaired) electrons. The predicted octanol–water partition coefficient (Wildman–Crippen LogP) is 2.44. The van der Waals surface area contributed by atoms with Gasteiger partial charge in [0.25, 0.3) is 5.91 Å². The lowest BCUT2D eigenvalue weighted by Gasteiger charge is -2.23. The van der Waals surface area contributed by atoms with Gasteiger partial charge in [-0.2, -0.15) is 0 Å². The molecule has 2 aliphatic heterocycles. The first-order valence-corrected chi connectivity index (χ1v) is 11.3. The van der Waals surface area contributed by atoms with Crippen molar-refractivity contribution in [1.29, 1.82) is 0 Å². The number of likely N-dealkylation sites (tertiary alicyclic amines) is 1. The van der Waals surface area contributed by atoms with E-state index in [9.17, 15) is 4.79 Å². The van der Waals surface area contributed by atoms with Crippen molar-refractivity contribution in [2.45, 2.75) is 31.7 Å². The molecule has 32 heavy (non-hydrogen) atoms. The minimum absolute atomic E-state index is 0.0471. The molecular weight excluding hydrogens is 404 g/mol. The van der Waals surface area contributed by atoms with Crippen LogP contribution in [0.4, 0.5) is 5.95 Å². The van der Waals surface area contributed by atoms with Gasteiger partial charge in [0.1, 0.15) is 11.3 Å². The zero-order chi connectivity index (χ0) is 21.5. The smallest absolute Gasteiger partial charge is 0.272 e. The molecule has 0 spiro atoms. The van der Waals surface area contributed by atoms with Gasteiger partial charge >= 0.3 is 0 Å². The van der Waals surface area contributed by atoms with Gasteiger partial charge in [0.05, 0.1) is 17.9 Å². The average Bonchev–Trinajstić information content (AvgIpc) is 3.58. The Morgan fingerprint density at radius 3 is 2.75 bits per heavy atom. The van der Waals surface area contributed by atoms with Gasteiger partial charge in [-0.25, -0.2) is 14.5 Å². The SMILES string of the molecule is O=C(c1cnc2ccc(-c3ccn4nc(NC5CCNCC5)ncc34)cn12)N1CCCC1. The van der Waals surface area contributed by atoms with Crippen molar-refractivity contribution in [3.8, 4) is 11.1 Å². The van der Waals surface area contributed by atoms with Crippen LogP contribution >= 0.6 is 0 Å². The monoisotopic (exact) mass is 430 g/mol. The summed E-state index contributed by atoms with van der Waals surface area (Å²) in [6, 6.07) is 6.42. The minimum Gasteiger partial charge on any atom is -0.350 e. The number of hydrogen-bond acceptors (Lipinski definition) is 6. The van der Waals surface area contributed by atoms with Crippen LogP contribution in [0.15, 0.2) is 43.0 Å². The fourth-order valence-corrected chi connectivity index (χ4v) is 4.74. The highest BCUT2D eigenvalue weighted by atomic mass is 16.2. The Kier molecular flexibility index (Phi) is 4.75. The number of imidazole rings is 1. The van der Waals surface area contributed by atoms with Crippen molar-refractivity contribution in [3.05, 3.63) is 48.7 Å². The molecule has 0 unspecified atom stereocenters. The molecule has 6 heterocycles. The van der Waals surface area contributed by atoms with E-state index in [0.29, 0.717) is 17.7 Å². The molecule has 2 saturated heterocycles. The quantitative estimate of drug-likeness (QED) is 0.517. The number of anilines is 1. The molecule has 4 aromatic heterocycles. The molecule has 164 valence electrons. The average molecular weight is 431 g/mol. The lowest BCUT2D eigenvalue weighted by atomic mass is 10.1. The number of carbonyl (C=O) groups excluding carboxylic acids is 1. The fraction of sp³-hybridized carbons (Fsp3) is 0.391. The summed E-state index contributed by atoms with van der Waals surface area (Å²) < 4.78 is 3.76. The second-order valence-corrected chi connectivity index (χ2v) is 8.60. The van der Waals surface area contributed by atoms with Gasteiger partial charge in [-0.05, 0) is 57.0 Å². The zero-order valence-corrected chi connectivity index (χ0v) is 17.9. The highest BCUT2D eigenvalue weighted by Gasteiger charge is 2.23. The summed E-state index contributed by atoms with van der Waals surface area (Å²) in [5.41, 5.74) is 4.32. The van der Waals surface area contributed by atoms with E-state index in [1.54, 1.807) is 6.20 Å². The predicted molar refractivity (Wildman–Crippen MR) is 122 cm³/mol. The fourth-order valence-electron chi connectivity index (χ4n) is 4.74. The molecule has 4 aromatic rings. The molecule has 1 amide bonds. The second-order valence-electron chi connectivity index (χ2n) is 8.60. The van der Waals surface area contributed by atoms with E-state index in [1.807, 2.05) is 50.6 Å². The number of aromatic nitrogens is 5. The third-order valence-electron chi connectivity index (χ3n) is 6.52. The first kappa shape index (κ1) is 19.2. The molecule has 6 rings (SSSR count). The van der Waals surface area contributed by atoms with Crippen molar-refractivity contribution in [2.24, 2.45) is 0 Å². The van der Waals surface area contributed by atoms with Crippen molar-refractivity contribution >= 4 is 23.0 Å². The third-order valence-corrected chi connectivity index (χ3v) is 6.52. The molecule has 9 nitrogen and oxygen atoms in total. The van der Waals surface area contributed by atoms with Gasteiger partial charge in [-0.1, -0.05) is 0 Å². The maximum absolute atomic E-state index is 13.0. The Morgan fingerprint density at radius 2 is 1.91 bits per heavy atom. The Labute approximate surface area is 185 Å². The number of pyridine rings is 1. The highest BCUT2D eigenvalue weighted by molar-refractivity contribution is 5.93. The van der Waals surface area contributed by atoms with E-state index in [1.165, 1.54) is 0 Å². The Hall–Kier alpha value is -3.46. The van der Waals surface area contributed by atoms with E-state index >= 15 is 0 Å². The molecule has 0 atom stereocenters. The number of carbonyl (C=O) groups is 1. The summed E-state index contributed by atoms with van der Waals surface area (Å²) in [7, 11) is 0. The number of fused-ring (bicyclic) bond motifs is 2. The summed E-state index contributed by atoms with van der Waals surface area (Å²) in [4.78, 5) is 23.9. The molecule has 0 bridgehead atoms. The zero-order valence-electron chi connectivity index (χ0n) is 17.9. The number of nitrogens with zero attached hydrogens (tertiary/aromatic N) is 6. The van der Waals surface area contributed by atoms with Crippen LogP contribution in [-0.4, -0.2) is 67.0 Å². The van der Waals surface area contributed by atoms with Crippen molar-refractivity contribution in [3.63, 3.8) is 0 Å². The van der Waals surface area contributed by atoms with Gasteiger partial charge in [-0.3, -0.25) is 9.20 Å². The molecule has 2 aliphatic rings. The van der Waals surface area contributed by atoms with Crippen LogP contribution in [0.5, 0.6) is 0 Å². The summed E-state index contributed by atoms with van der Waals surface area (Å²) in [5.74, 6) is 0.695. The summed E-state index contributed by atoms with van der Waals surface area (Å²) in [5, 5.41) is 11.5. The van der Waals surface area contributed by atoms with Crippen LogP contribution in [0.2, 0.25) is 0 Å². The van der Waals surface area contributed by atoms with E-state index in [4.69, 9.17) is 0 Å². The van der Waals surface area contributed by atoms with Crippen molar-refractivity contribution in [2.75, 3.05) is 31.5 Å². The number of hydrogen-bond donors (Lipinski definition) is 2. The summed E-state index contributed by atoms with van der Waals surface area (Å²) in [6.07, 6.45) is 11.8. The maximum atomic E-state index is 13.0. The van der Waals surface area contributed by atoms with Gasteiger partial charge in [0.15, 0.2) is 0 Å². The molecule has 2 fully saturated rings. The molecule has 9 heteroatoms. The van der Waals surface area contributed by atoms with Gasteiger partial charge in [-0.15, -0.1) is 5.10 Å². The normalized spacial score (nSPS) is 17.4. The van der Waals surface area contributed by atoms with E-state index in [0.717, 1.165) is 74.2 Å². The number of nitrogens with one attached hydrogen (secondary N) is 2. The van der Waals surface area contributed by atoms with Crippen molar-refractivity contribution in [1.82, 2.24) is 34.2 Å². The first-order valence-electron chi connectivity index (χ1n) is 11.3. The van der Waals surface area contributed by atoms with Crippen LogP contribution in [0, 0.1) is 0 Å². The Balaban J connectivity index is 1.32. The largest absolute Gasteiger partial charge is 0.350 e. The van der Waals surface area contributed by atoms with Crippen LogP contribution in [0.1, 0.15) is 36.2 Å². The van der Waals surface area contributed by atoms with Gasteiger partial charge in [0, 0.05) is 42.7 Å². The lowest BCUT2D eigenvalue weighted by molar-refractivity contribution is 0.0786.